The van der Waals surface area contributed by atoms with Crippen molar-refractivity contribution in [3.05, 3.63) is 42.0 Å². The third kappa shape index (κ3) is 5.45. The number of carbonyl (C=O) groups excluding carboxylic acids is 1. The zero-order valence-electron chi connectivity index (χ0n) is 16.9. The number of hydrogen-bond donors (Lipinski definition) is 1. The van der Waals surface area contributed by atoms with E-state index in [1.807, 2.05) is 25.1 Å². The predicted octanol–water partition coefficient (Wildman–Crippen LogP) is 3.37. The molecule has 0 aliphatic carbocycles. The summed E-state index contributed by atoms with van der Waals surface area (Å²) in [4.78, 5) is 12.4. The molecule has 0 aromatic heterocycles. The summed E-state index contributed by atoms with van der Waals surface area (Å²) in [5.41, 5.74) is 0.927. The Labute approximate surface area is 165 Å². The molecule has 1 atom stereocenters. The summed E-state index contributed by atoms with van der Waals surface area (Å²) in [6, 6.07) is 10.5. The van der Waals surface area contributed by atoms with E-state index in [0.717, 1.165) is 5.56 Å². The molecule has 0 saturated carbocycles. The van der Waals surface area contributed by atoms with Crippen molar-refractivity contribution < 1.29 is 28.5 Å². The van der Waals surface area contributed by atoms with Crippen molar-refractivity contribution in [2.24, 2.45) is 0 Å². The smallest absolute Gasteiger partial charge is 0.258 e. The molecule has 0 saturated heterocycles. The number of amides is 1. The molecule has 1 amide bonds. The van der Waals surface area contributed by atoms with Crippen LogP contribution in [-0.2, 0) is 4.79 Å². The van der Waals surface area contributed by atoms with Gasteiger partial charge in [-0.25, -0.2) is 0 Å². The first kappa shape index (κ1) is 21.2. The summed E-state index contributed by atoms with van der Waals surface area (Å²) < 4.78 is 26.6. The first-order valence-electron chi connectivity index (χ1n) is 8.91. The Morgan fingerprint density at radius 1 is 0.857 bits per heavy atom. The largest absolute Gasteiger partial charge is 0.496 e. The van der Waals surface area contributed by atoms with Crippen LogP contribution in [0.25, 0.3) is 0 Å². The van der Waals surface area contributed by atoms with Crippen LogP contribution in [0.2, 0.25) is 0 Å². The van der Waals surface area contributed by atoms with Crippen molar-refractivity contribution in [1.82, 2.24) is 5.32 Å². The molecule has 0 aliphatic rings. The molecule has 1 N–H and O–H groups in total. The fourth-order valence-electron chi connectivity index (χ4n) is 2.74. The lowest BCUT2D eigenvalue weighted by Gasteiger charge is -2.19. The lowest BCUT2D eigenvalue weighted by atomic mass is 10.0. The number of nitrogens with one attached hydrogen (secondary N) is 1. The van der Waals surface area contributed by atoms with E-state index < -0.39 is 0 Å². The Hall–Kier alpha value is -3.09. The Bertz CT molecular complexity index is 770. The van der Waals surface area contributed by atoms with Crippen molar-refractivity contribution in [1.29, 1.82) is 0 Å². The lowest BCUT2D eigenvalue weighted by molar-refractivity contribution is -0.123. The zero-order chi connectivity index (χ0) is 20.5. The van der Waals surface area contributed by atoms with Crippen LogP contribution in [-0.4, -0.2) is 41.0 Å². The van der Waals surface area contributed by atoms with Crippen molar-refractivity contribution in [2.75, 3.05) is 35.0 Å². The molecule has 152 valence electrons. The average molecular weight is 389 g/mol. The van der Waals surface area contributed by atoms with Gasteiger partial charge in [-0.05, 0) is 24.1 Å². The van der Waals surface area contributed by atoms with Crippen LogP contribution < -0.4 is 29.0 Å². The fourth-order valence-corrected chi connectivity index (χ4v) is 2.74. The molecule has 7 nitrogen and oxygen atoms in total. The molecular formula is C21H27NO6. The van der Waals surface area contributed by atoms with E-state index >= 15 is 0 Å². The molecular weight excluding hydrogens is 362 g/mol. The molecule has 0 unspecified atom stereocenters. The quantitative estimate of drug-likeness (QED) is 0.672. The zero-order valence-corrected chi connectivity index (χ0v) is 16.9. The Kier molecular flexibility index (Phi) is 7.80. The Balaban J connectivity index is 2.03. The number of carbonyl (C=O) groups is 1. The number of methoxy groups -OCH3 is 4. The highest BCUT2D eigenvalue weighted by molar-refractivity contribution is 5.78. The molecule has 28 heavy (non-hydrogen) atoms. The van der Waals surface area contributed by atoms with Crippen LogP contribution >= 0.6 is 0 Å². The monoisotopic (exact) mass is 389 g/mol. The third-order valence-electron chi connectivity index (χ3n) is 4.25. The van der Waals surface area contributed by atoms with E-state index in [1.165, 1.54) is 0 Å². The standard InChI is InChI=1S/C21H27NO6/c1-6-18(14-7-8-19(26-4)20(9-14)27-5)22-21(23)13-28-17-11-15(24-2)10-16(12-17)25-3/h7-12,18H,6,13H2,1-5H3,(H,22,23)/t18-/m0/s1. The van der Waals surface area contributed by atoms with Gasteiger partial charge in [0.25, 0.3) is 5.91 Å². The molecule has 0 radical (unpaired) electrons. The van der Waals surface area contributed by atoms with Gasteiger partial charge in [0.2, 0.25) is 0 Å². The maximum Gasteiger partial charge on any atom is 0.258 e. The van der Waals surface area contributed by atoms with E-state index in [1.54, 1.807) is 46.6 Å². The molecule has 0 aliphatic heterocycles. The van der Waals surface area contributed by atoms with Gasteiger partial charge in [-0.2, -0.15) is 0 Å². The number of hydrogen-bond acceptors (Lipinski definition) is 6. The Morgan fingerprint density at radius 3 is 2.00 bits per heavy atom. The highest BCUT2D eigenvalue weighted by atomic mass is 16.5. The summed E-state index contributed by atoms with van der Waals surface area (Å²) >= 11 is 0. The lowest BCUT2D eigenvalue weighted by Crippen LogP contribution is -2.32. The number of ether oxygens (including phenoxy) is 5. The molecule has 0 heterocycles. The second-order valence-corrected chi connectivity index (χ2v) is 5.98. The summed E-state index contributed by atoms with van der Waals surface area (Å²) in [6.45, 7) is 1.87. The highest BCUT2D eigenvalue weighted by Gasteiger charge is 2.16. The van der Waals surface area contributed by atoms with E-state index in [-0.39, 0.29) is 18.6 Å². The Morgan fingerprint density at radius 2 is 1.46 bits per heavy atom. The molecule has 7 heteroatoms. The number of rotatable bonds is 10. The molecule has 0 spiro atoms. The first-order chi connectivity index (χ1) is 13.5. The van der Waals surface area contributed by atoms with Gasteiger partial charge >= 0.3 is 0 Å². The molecule has 2 rings (SSSR count). The van der Waals surface area contributed by atoms with Gasteiger partial charge in [-0.3, -0.25) is 4.79 Å². The van der Waals surface area contributed by atoms with E-state index in [2.05, 4.69) is 5.32 Å². The maximum absolute atomic E-state index is 12.4. The summed E-state index contributed by atoms with van der Waals surface area (Å²) in [7, 11) is 6.28. The van der Waals surface area contributed by atoms with Gasteiger partial charge in [-0.15, -0.1) is 0 Å². The van der Waals surface area contributed by atoms with Crippen LogP contribution in [0, 0.1) is 0 Å². The first-order valence-corrected chi connectivity index (χ1v) is 8.91. The van der Waals surface area contributed by atoms with Crippen LogP contribution in [0.1, 0.15) is 24.9 Å². The van der Waals surface area contributed by atoms with Gasteiger partial charge in [0.05, 0.1) is 34.5 Å². The van der Waals surface area contributed by atoms with Crippen LogP contribution in [0.3, 0.4) is 0 Å². The summed E-state index contributed by atoms with van der Waals surface area (Å²) in [5, 5.41) is 2.98. The summed E-state index contributed by atoms with van der Waals surface area (Å²) in [6.07, 6.45) is 0.716. The van der Waals surface area contributed by atoms with Crippen LogP contribution in [0.15, 0.2) is 36.4 Å². The average Bonchev–Trinajstić information content (AvgIpc) is 2.75. The molecule has 2 aromatic carbocycles. The van der Waals surface area contributed by atoms with Crippen molar-refractivity contribution in [2.45, 2.75) is 19.4 Å². The second-order valence-electron chi connectivity index (χ2n) is 5.98. The second kappa shape index (κ2) is 10.3. The van der Waals surface area contributed by atoms with Crippen molar-refractivity contribution >= 4 is 5.91 Å². The van der Waals surface area contributed by atoms with Gasteiger partial charge in [0.1, 0.15) is 17.2 Å². The van der Waals surface area contributed by atoms with E-state index in [0.29, 0.717) is 35.2 Å². The van der Waals surface area contributed by atoms with Crippen LogP contribution in [0.4, 0.5) is 0 Å². The SMILES string of the molecule is CC[C@H](NC(=O)COc1cc(OC)cc(OC)c1)c1ccc(OC)c(OC)c1. The molecule has 2 aromatic rings. The minimum Gasteiger partial charge on any atom is -0.496 e. The fraction of sp³-hybridized carbons (Fsp3) is 0.381. The van der Waals surface area contributed by atoms with Crippen molar-refractivity contribution in [3.63, 3.8) is 0 Å². The van der Waals surface area contributed by atoms with Gasteiger partial charge in [0.15, 0.2) is 18.1 Å². The van der Waals surface area contributed by atoms with Crippen LogP contribution in [0.5, 0.6) is 28.7 Å². The van der Waals surface area contributed by atoms with Crippen molar-refractivity contribution in [3.8, 4) is 28.7 Å². The molecule has 0 bridgehead atoms. The minimum atomic E-state index is -0.233. The number of benzene rings is 2. The summed E-state index contributed by atoms with van der Waals surface area (Å²) in [5.74, 6) is 2.70. The van der Waals surface area contributed by atoms with Gasteiger partial charge in [0, 0.05) is 18.2 Å². The van der Waals surface area contributed by atoms with E-state index in [9.17, 15) is 4.79 Å². The normalized spacial score (nSPS) is 11.3. The maximum atomic E-state index is 12.4. The molecule has 0 fully saturated rings. The van der Waals surface area contributed by atoms with Gasteiger partial charge in [-0.1, -0.05) is 13.0 Å². The predicted molar refractivity (Wildman–Crippen MR) is 106 cm³/mol. The topological polar surface area (TPSA) is 75.3 Å². The van der Waals surface area contributed by atoms with Gasteiger partial charge < -0.3 is 29.0 Å². The highest BCUT2D eigenvalue weighted by Crippen LogP contribution is 2.31. The van der Waals surface area contributed by atoms with E-state index in [4.69, 9.17) is 23.7 Å². The third-order valence-corrected chi connectivity index (χ3v) is 4.25. The minimum absolute atomic E-state index is 0.125.